The second kappa shape index (κ2) is 38.5. The highest BCUT2D eigenvalue weighted by Gasteiger charge is 2.26. The first-order chi connectivity index (χ1) is 24.8. The van der Waals surface area contributed by atoms with Gasteiger partial charge < -0.3 is 20.1 Å². The third kappa shape index (κ3) is 38.3. The van der Waals surface area contributed by atoms with E-state index in [0.717, 1.165) is 51.4 Å². The van der Waals surface area contributed by atoms with Gasteiger partial charge in [-0.3, -0.25) is 18.6 Å². The van der Waals surface area contributed by atoms with Gasteiger partial charge in [-0.05, 0) is 38.5 Å². The Bertz CT molecular complexity index is 856. The lowest BCUT2D eigenvalue weighted by Gasteiger charge is -2.19. The van der Waals surface area contributed by atoms with Gasteiger partial charge in [0.1, 0.15) is 6.61 Å². The Balaban J connectivity index is 4.15. The zero-order valence-corrected chi connectivity index (χ0v) is 34.0. The summed E-state index contributed by atoms with van der Waals surface area (Å²) in [5, 5.41) is 0. The van der Waals surface area contributed by atoms with Gasteiger partial charge in [-0.25, -0.2) is 4.57 Å². The average molecular weight is 746 g/mol. The molecule has 0 saturated carbocycles. The Kier molecular flexibility index (Phi) is 37.5. The van der Waals surface area contributed by atoms with Gasteiger partial charge >= 0.3 is 19.8 Å². The van der Waals surface area contributed by atoms with Crippen LogP contribution in [0.15, 0.2) is 12.2 Å². The second-order valence-electron chi connectivity index (χ2n) is 14.2. The number of hydrogen-bond acceptors (Lipinski definition) is 8. The second-order valence-corrected chi connectivity index (χ2v) is 15.7. The molecule has 0 saturated heterocycles. The summed E-state index contributed by atoms with van der Waals surface area (Å²) in [6.07, 6.45) is 38.1. The van der Waals surface area contributed by atoms with E-state index in [1.54, 1.807) is 0 Å². The maximum Gasteiger partial charge on any atom is 0.472 e. The van der Waals surface area contributed by atoms with Crippen LogP contribution < -0.4 is 5.73 Å². The van der Waals surface area contributed by atoms with Gasteiger partial charge in [0, 0.05) is 19.4 Å². The number of carbonyl (C=O) groups is 2. The first kappa shape index (κ1) is 49.8. The van der Waals surface area contributed by atoms with Crippen molar-refractivity contribution < 1.29 is 37.6 Å². The first-order valence-corrected chi connectivity index (χ1v) is 22.7. The number of rotatable bonds is 40. The number of phosphoric ester groups is 1. The zero-order chi connectivity index (χ0) is 37.5. The molecule has 0 rings (SSSR count). The Morgan fingerprint density at radius 1 is 0.569 bits per heavy atom. The molecule has 51 heavy (non-hydrogen) atoms. The van der Waals surface area contributed by atoms with Gasteiger partial charge in [-0.15, -0.1) is 0 Å². The Labute approximate surface area is 313 Å². The van der Waals surface area contributed by atoms with E-state index in [1.807, 2.05) is 0 Å². The van der Waals surface area contributed by atoms with Crippen LogP contribution in [0.5, 0.6) is 0 Å². The molecule has 0 aliphatic carbocycles. The van der Waals surface area contributed by atoms with E-state index in [-0.39, 0.29) is 38.6 Å². The monoisotopic (exact) mass is 746 g/mol. The van der Waals surface area contributed by atoms with E-state index in [0.29, 0.717) is 6.42 Å². The third-order valence-electron chi connectivity index (χ3n) is 9.15. The van der Waals surface area contributed by atoms with E-state index in [2.05, 4.69) is 26.0 Å². The fourth-order valence-electron chi connectivity index (χ4n) is 5.98. The average Bonchev–Trinajstić information content (AvgIpc) is 3.11. The molecule has 0 fully saturated rings. The van der Waals surface area contributed by atoms with Gasteiger partial charge in [0.2, 0.25) is 0 Å². The van der Waals surface area contributed by atoms with Gasteiger partial charge in [0.15, 0.2) is 6.10 Å². The minimum absolute atomic E-state index is 0.0551. The highest BCUT2D eigenvalue weighted by molar-refractivity contribution is 7.47. The van der Waals surface area contributed by atoms with Gasteiger partial charge in [-0.1, -0.05) is 167 Å². The van der Waals surface area contributed by atoms with Crippen LogP contribution in [0.4, 0.5) is 0 Å². The molecule has 0 spiro atoms. The van der Waals surface area contributed by atoms with Gasteiger partial charge in [-0.2, -0.15) is 0 Å². The lowest BCUT2D eigenvalue weighted by Crippen LogP contribution is -2.29. The molecule has 3 N–H and O–H groups in total. The zero-order valence-electron chi connectivity index (χ0n) is 33.1. The Hall–Kier alpha value is -1.25. The van der Waals surface area contributed by atoms with Gasteiger partial charge in [0.25, 0.3) is 0 Å². The summed E-state index contributed by atoms with van der Waals surface area (Å²) in [5.74, 6) is -0.829. The number of allylic oxidation sites excluding steroid dienone is 2. The first-order valence-electron chi connectivity index (χ1n) is 21.2. The van der Waals surface area contributed by atoms with Crippen LogP contribution >= 0.6 is 7.82 Å². The smallest absolute Gasteiger partial charge is 0.462 e. The lowest BCUT2D eigenvalue weighted by atomic mass is 10.0. The molecule has 0 aromatic rings. The van der Waals surface area contributed by atoms with Crippen molar-refractivity contribution in [1.29, 1.82) is 0 Å². The number of unbranched alkanes of at least 4 members (excludes halogenated alkanes) is 25. The molecule has 0 aliphatic rings. The van der Waals surface area contributed by atoms with Crippen LogP contribution in [-0.2, 0) is 32.7 Å². The Morgan fingerprint density at radius 3 is 1.39 bits per heavy atom. The van der Waals surface area contributed by atoms with Crippen molar-refractivity contribution in [1.82, 2.24) is 0 Å². The largest absolute Gasteiger partial charge is 0.472 e. The lowest BCUT2D eigenvalue weighted by molar-refractivity contribution is -0.161. The predicted molar refractivity (Wildman–Crippen MR) is 211 cm³/mol. The third-order valence-corrected chi connectivity index (χ3v) is 10.1. The molecule has 0 bridgehead atoms. The Morgan fingerprint density at radius 2 is 0.961 bits per heavy atom. The summed E-state index contributed by atoms with van der Waals surface area (Å²) in [7, 11) is -4.37. The molecule has 0 amide bonds. The minimum atomic E-state index is -4.37. The van der Waals surface area contributed by atoms with Crippen molar-refractivity contribution in [3.8, 4) is 0 Å². The molecule has 2 atom stereocenters. The van der Waals surface area contributed by atoms with Gasteiger partial charge in [0.05, 0.1) is 13.2 Å². The number of hydrogen-bond donors (Lipinski definition) is 2. The van der Waals surface area contributed by atoms with Crippen molar-refractivity contribution in [3.63, 3.8) is 0 Å². The summed E-state index contributed by atoms with van der Waals surface area (Å²) in [5.41, 5.74) is 5.34. The van der Waals surface area contributed by atoms with Crippen LogP contribution in [0.3, 0.4) is 0 Å². The van der Waals surface area contributed by atoms with Crippen molar-refractivity contribution in [2.45, 2.75) is 213 Å². The SMILES string of the molecule is CCCCCCCC/C=C\CCCCCCCC(=O)OC[C@@H](COP(=O)(O)OCCN)OC(=O)CCCCCCCCCCCCCCCCC. The molecule has 302 valence electrons. The maximum atomic E-state index is 12.6. The molecule has 1 unspecified atom stereocenters. The number of ether oxygens (including phenoxy) is 2. The molecule has 0 aromatic carbocycles. The van der Waals surface area contributed by atoms with Crippen molar-refractivity contribution in [2.75, 3.05) is 26.4 Å². The summed E-state index contributed by atoms with van der Waals surface area (Å²) < 4.78 is 32.7. The van der Waals surface area contributed by atoms with Crippen molar-refractivity contribution >= 4 is 19.8 Å². The summed E-state index contributed by atoms with van der Waals surface area (Å²) in [6.45, 7) is 3.74. The summed E-state index contributed by atoms with van der Waals surface area (Å²) in [6, 6.07) is 0. The number of nitrogens with two attached hydrogens (primary N) is 1. The summed E-state index contributed by atoms with van der Waals surface area (Å²) >= 11 is 0. The number of esters is 2. The fourth-order valence-corrected chi connectivity index (χ4v) is 6.75. The molecule has 0 aliphatic heterocycles. The maximum absolute atomic E-state index is 12.6. The predicted octanol–water partition coefficient (Wildman–Crippen LogP) is 11.8. The molecular formula is C41H80NO8P. The van der Waals surface area contributed by atoms with Crippen LogP contribution in [0.2, 0.25) is 0 Å². The van der Waals surface area contributed by atoms with E-state index in [9.17, 15) is 19.0 Å². The highest BCUT2D eigenvalue weighted by Crippen LogP contribution is 2.43. The molecule has 0 heterocycles. The van der Waals surface area contributed by atoms with Crippen LogP contribution in [0.1, 0.15) is 206 Å². The fraction of sp³-hybridized carbons (Fsp3) is 0.902. The molecule has 9 nitrogen and oxygen atoms in total. The van der Waals surface area contributed by atoms with E-state index < -0.39 is 26.5 Å². The minimum Gasteiger partial charge on any atom is -0.462 e. The van der Waals surface area contributed by atoms with Crippen LogP contribution in [-0.4, -0.2) is 49.3 Å². The molecule has 10 heteroatoms. The topological polar surface area (TPSA) is 134 Å². The summed E-state index contributed by atoms with van der Waals surface area (Å²) in [4.78, 5) is 34.8. The number of phosphoric acid groups is 1. The van der Waals surface area contributed by atoms with Crippen molar-refractivity contribution in [3.05, 3.63) is 12.2 Å². The molecular weight excluding hydrogens is 665 g/mol. The molecule has 0 aromatic heterocycles. The number of carbonyl (C=O) groups excluding carboxylic acids is 2. The standard InChI is InChI=1S/C41H80NO8P/c1-3-5-7-9-11-13-15-17-19-21-23-25-27-29-31-33-40(43)47-37-39(38-49-51(45,46)48-36-35-42)50-41(44)34-32-30-28-26-24-22-20-18-16-14-12-10-8-6-4-2/h17,19,39H,3-16,18,20-38,42H2,1-2H3,(H,45,46)/b19-17-/t39-/m0/s1. The van der Waals surface area contributed by atoms with Crippen LogP contribution in [0.25, 0.3) is 0 Å². The highest BCUT2D eigenvalue weighted by atomic mass is 31.2. The van der Waals surface area contributed by atoms with E-state index in [4.69, 9.17) is 24.3 Å². The quantitative estimate of drug-likeness (QED) is 0.0272. The van der Waals surface area contributed by atoms with E-state index >= 15 is 0 Å². The van der Waals surface area contributed by atoms with Crippen molar-refractivity contribution in [2.24, 2.45) is 5.73 Å². The van der Waals surface area contributed by atoms with E-state index in [1.165, 1.54) is 122 Å². The normalized spacial score (nSPS) is 13.4. The van der Waals surface area contributed by atoms with Crippen LogP contribution in [0, 0.1) is 0 Å². The molecule has 0 radical (unpaired) electrons.